The summed E-state index contributed by atoms with van der Waals surface area (Å²) in [4.78, 5) is 6.37. The lowest BCUT2D eigenvalue weighted by Gasteiger charge is -2.25. The summed E-state index contributed by atoms with van der Waals surface area (Å²) in [5.74, 6) is 1.62. The minimum Gasteiger partial charge on any atom is -0.485 e. The second-order valence-corrected chi connectivity index (χ2v) is 5.16. The lowest BCUT2D eigenvalue weighted by molar-refractivity contribution is 0.0935. The van der Waals surface area contributed by atoms with Crippen molar-refractivity contribution in [2.75, 3.05) is 6.61 Å². The zero-order valence-electron chi connectivity index (χ0n) is 9.45. The summed E-state index contributed by atoms with van der Waals surface area (Å²) in [6.07, 6.45) is 5.73. The Balaban J connectivity index is 1.69. The third kappa shape index (κ3) is 1.48. The Morgan fingerprint density at radius 1 is 1.28 bits per heavy atom. The summed E-state index contributed by atoms with van der Waals surface area (Å²) < 4.78 is 13.7. The number of para-hydroxylation sites is 2. The van der Waals surface area contributed by atoms with Gasteiger partial charge in [0, 0.05) is 18.6 Å². The monoisotopic (exact) mass is 258 g/mol. The molecule has 1 aliphatic heterocycles. The highest BCUT2D eigenvalue weighted by atomic mass is 32.1. The first-order valence-corrected chi connectivity index (χ1v) is 6.53. The van der Waals surface area contributed by atoms with Gasteiger partial charge in [-0.25, -0.2) is 4.98 Å². The van der Waals surface area contributed by atoms with Crippen molar-refractivity contribution in [1.29, 1.82) is 0 Å². The molecule has 0 N–H and O–H groups in total. The van der Waals surface area contributed by atoms with Gasteiger partial charge in [-0.15, -0.1) is 0 Å². The molecule has 0 aliphatic carbocycles. The van der Waals surface area contributed by atoms with Crippen LogP contribution >= 0.6 is 11.3 Å². The van der Waals surface area contributed by atoms with Crippen molar-refractivity contribution in [2.24, 2.45) is 0 Å². The molecule has 18 heavy (non-hydrogen) atoms. The molecule has 1 aromatic carbocycles. The number of nitrogens with zero attached hydrogens (tertiary/aromatic N) is 2. The summed E-state index contributed by atoms with van der Waals surface area (Å²) in [6, 6.07) is 7.75. The normalized spacial score (nSPS) is 18.1. The van der Waals surface area contributed by atoms with Crippen LogP contribution in [0.25, 0.3) is 4.96 Å². The van der Waals surface area contributed by atoms with Gasteiger partial charge in [0.2, 0.25) is 0 Å². The first-order valence-electron chi connectivity index (χ1n) is 5.71. The van der Waals surface area contributed by atoms with E-state index in [9.17, 15) is 0 Å². The molecular weight excluding hydrogens is 248 g/mol. The quantitative estimate of drug-likeness (QED) is 0.673. The summed E-state index contributed by atoms with van der Waals surface area (Å²) in [6.45, 7) is 0.542. The molecule has 3 heterocycles. The fourth-order valence-electron chi connectivity index (χ4n) is 2.05. The minimum absolute atomic E-state index is 0.0494. The smallest absolute Gasteiger partial charge is 0.193 e. The van der Waals surface area contributed by atoms with E-state index in [0.717, 1.165) is 21.3 Å². The number of imidazole rings is 1. The van der Waals surface area contributed by atoms with Gasteiger partial charge < -0.3 is 9.47 Å². The Kier molecular flexibility index (Phi) is 2.07. The van der Waals surface area contributed by atoms with Crippen LogP contribution < -0.4 is 9.47 Å². The Morgan fingerprint density at radius 2 is 2.17 bits per heavy atom. The van der Waals surface area contributed by atoms with Gasteiger partial charge in [-0.1, -0.05) is 23.5 Å². The maximum Gasteiger partial charge on any atom is 0.193 e. The van der Waals surface area contributed by atoms with Crippen molar-refractivity contribution in [1.82, 2.24) is 9.38 Å². The van der Waals surface area contributed by atoms with Crippen LogP contribution in [0.1, 0.15) is 11.0 Å². The maximum atomic E-state index is 5.96. The molecule has 5 heteroatoms. The number of hydrogen-bond donors (Lipinski definition) is 0. The van der Waals surface area contributed by atoms with Crippen molar-refractivity contribution in [2.45, 2.75) is 6.10 Å². The number of hydrogen-bond acceptors (Lipinski definition) is 4. The molecule has 1 unspecified atom stereocenters. The lowest BCUT2D eigenvalue weighted by atomic mass is 10.2. The third-order valence-electron chi connectivity index (χ3n) is 2.93. The van der Waals surface area contributed by atoms with E-state index in [0.29, 0.717) is 6.61 Å². The van der Waals surface area contributed by atoms with Gasteiger partial charge >= 0.3 is 0 Å². The molecule has 1 atom stereocenters. The van der Waals surface area contributed by atoms with Gasteiger partial charge in [0.25, 0.3) is 0 Å². The summed E-state index contributed by atoms with van der Waals surface area (Å²) in [5, 5.41) is 0. The SMILES string of the molecule is c1ccc2c(c1)OCC(c1cn3ccnc3s1)O2. The number of rotatable bonds is 1. The molecule has 1 aliphatic rings. The first-order chi connectivity index (χ1) is 8.90. The van der Waals surface area contributed by atoms with E-state index in [1.165, 1.54) is 0 Å². The molecule has 2 aromatic heterocycles. The summed E-state index contributed by atoms with van der Waals surface area (Å²) >= 11 is 1.63. The van der Waals surface area contributed by atoms with Gasteiger partial charge in [0.15, 0.2) is 22.6 Å². The molecule has 0 fully saturated rings. The average molecular weight is 258 g/mol. The van der Waals surface area contributed by atoms with Crippen LogP contribution in [0.5, 0.6) is 11.5 Å². The van der Waals surface area contributed by atoms with Crippen LogP contribution in [0.4, 0.5) is 0 Å². The van der Waals surface area contributed by atoms with Crippen LogP contribution in [0.15, 0.2) is 42.9 Å². The molecule has 0 spiro atoms. The predicted molar refractivity (Wildman–Crippen MR) is 68.4 cm³/mol. The predicted octanol–water partition coefficient (Wildman–Crippen LogP) is 2.91. The van der Waals surface area contributed by atoms with Gasteiger partial charge in [0.1, 0.15) is 6.61 Å². The third-order valence-corrected chi connectivity index (χ3v) is 4.04. The van der Waals surface area contributed by atoms with Gasteiger partial charge in [-0.2, -0.15) is 0 Å². The summed E-state index contributed by atoms with van der Waals surface area (Å²) in [5.41, 5.74) is 0. The van der Waals surface area contributed by atoms with Crippen molar-refractivity contribution in [3.63, 3.8) is 0 Å². The van der Waals surface area contributed by atoms with E-state index in [1.807, 2.05) is 34.9 Å². The molecule has 0 saturated carbocycles. The Morgan fingerprint density at radius 3 is 3.06 bits per heavy atom. The number of ether oxygens (including phenoxy) is 2. The molecule has 4 rings (SSSR count). The number of benzene rings is 1. The molecule has 0 saturated heterocycles. The second kappa shape index (κ2) is 3.74. The van der Waals surface area contributed by atoms with Crippen molar-refractivity contribution in [3.8, 4) is 11.5 Å². The Labute approximate surface area is 107 Å². The Hall–Kier alpha value is -2.01. The number of fused-ring (bicyclic) bond motifs is 2. The standard InChI is InChI=1S/C13H10N2O2S/c1-2-4-10-9(3-1)16-8-11(17-10)12-7-15-6-5-14-13(15)18-12/h1-7,11H,8H2. The minimum atomic E-state index is -0.0494. The summed E-state index contributed by atoms with van der Waals surface area (Å²) in [7, 11) is 0. The Bertz CT molecular complexity index is 675. The van der Waals surface area contributed by atoms with Gasteiger partial charge in [0.05, 0.1) is 4.88 Å². The van der Waals surface area contributed by atoms with E-state index in [4.69, 9.17) is 9.47 Å². The highest BCUT2D eigenvalue weighted by molar-refractivity contribution is 7.17. The molecular formula is C13H10N2O2S. The molecule has 90 valence electrons. The lowest BCUT2D eigenvalue weighted by Crippen LogP contribution is -2.20. The molecule has 4 nitrogen and oxygen atoms in total. The van der Waals surface area contributed by atoms with Crippen molar-refractivity contribution in [3.05, 3.63) is 47.7 Å². The van der Waals surface area contributed by atoms with Gasteiger partial charge in [-0.05, 0) is 12.1 Å². The molecule has 0 amide bonds. The first kappa shape index (κ1) is 9.96. The van der Waals surface area contributed by atoms with Crippen molar-refractivity contribution < 1.29 is 9.47 Å². The fraction of sp³-hybridized carbons (Fsp3) is 0.154. The van der Waals surface area contributed by atoms with Crippen LogP contribution in [0.3, 0.4) is 0 Å². The van der Waals surface area contributed by atoms with E-state index >= 15 is 0 Å². The van der Waals surface area contributed by atoms with Crippen LogP contribution in [0.2, 0.25) is 0 Å². The topological polar surface area (TPSA) is 35.8 Å². The van der Waals surface area contributed by atoms with Crippen LogP contribution in [-0.2, 0) is 0 Å². The molecule has 0 radical (unpaired) electrons. The zero-order chi connectivity index (χ0) is 11.9. The highest BCUT2D eigenvalue weighted by Crippen LogP contribution is 2.37. The van der Waals surface area contributed by atoms with E-state index in [2.05, 4.69) is 11.2 Å². The zero-order valence-corrected chi connectivity index (χ0v) is 10.3. The van der Waals surface area contributed by atoms with Gasteiger partial charge in [-0.3, -0.25) is 4.40 Å². The second-order valence-electron chi connectivity index (χ2n) is 4.11. The van der Waals surface area contributed by atoms with Crippen molar-refractivity contribution >= 4 is 16.3 Å². The van der Waals surface area contributed by atoms with Crippen LogP contribution in [0, 0.1) is 0 Å². The van der Waals surface area contributed by atoms with E-state index in [-0.39, 0.29) is 6.10 Å². The largest absolute Gasteiger partial charge is 0.485 e. The fourth-order valence-corrected chi connectivity index (χ4v) is 3.01. The average Bonchev–Trinajstić information content (AvgIpc) is 2.99. The van der Waals surface area contributed by atoms with E-state index < -0.39 is 0 Å². The highest BCUT2D eigenvalue weighted by Gasteiger charge is 2.24. The number of aromatic nitrogens is 2. The molecule has 0 bridgehead atoms. The van der Waals surface area contributed by atoms with Crippen LogP contribution in [-0.4, -0.2) is 16.0 Å². The van der Waals surface area contributed by atoms with E-state index in [1.54, 1.807) is 17.5 Å². The maximum absolute atomic E-state index is 5.96. The number of thiazole rings is 1. The molecule has 3 aromatic rings.